The Morgan fingerprint density at radius 2 is 1.77 bits per heavy atom. The first-order valence-electron chi connectivity index (χ1n) is 13.2. The van der Waals surface area contributed by atoms with Gasteiger partial charge in [-0.05, 0) is 37.3 Å². The summed E-state index contributed by atoms with van der Waals surface area (Å²) in [7, 11) is -2.25. The summed E-state index contributed by atoms with van der Waals surface area (Å²) in [5.74, 6) is 1.07. The lowest BCUT2D eigenvalue weighted by atomic mass is 9.94. The van der Waals surface area contributed by atoms with Crippen molar-refractivity contribution >= 4 is 43.2 Å². The molecule has 12 heteroatoms. The van der Waals surface area contributed by atoms with E-state index in [4.69, 9.17) is 4.74 Å². The number of hydrogen-bond acceptors (Lipinski definition) is 8. The van der Waals surface area contributed by atoms with Crippen molar-refractivity contribution in [3.8, 4) is 5.75 Å². The molecule has 2 saturated heterocycles. The fourth-order valence-electron chi connectivity index (χ4n) is 5.80. The quantitative estimate of drug-likeness (QED) is 0.447. The molecule has 0 spiro atoms. The molecule has 1 aromatic carbocycles. The lowest BCUT2D eigenvalue weighted by Gasteiger charge is -2.36. The third-order valence-corrected chi connectivity index (χ3v) is 10.7. The Labute approximate surface area is 232 Å². The number of fused-ring (bicyclic) bond motifs is 1. The molecule has 2 aromatic heterocycles. The van der Waals surface area contributed by atoms with Crippen LogP contribution in [-0.4, -0.2) is 79.5 Å². The van der Waals surface area contributed by atoms with E-state index in [1.807, 2.05) is 38.1 Å². The van der Waals surface area contributed by atoms with E-state index in [2.05, 4.69) is 9.88 Å². The Hall–Kier alpha value is -2.96. The van der Waals surface area contributed by atoms with E-state index in [-0.39, 0.29) is 34.6 Å². The first-order chi connectivity index (χ1) is 18.6. The Morgan fingerprint density at radius 1 is 1.10 bits per heavy atom. The zero-order chi connectivity index (χ0) is 27.9. The van der Waals surface area contributed by atoms with Crippen LogP contribution in [0.25, 0.3) is 10.2 Å². The van der Waals surface area contributed by atoms with Gasteiger partial charge in [0.15, 0.2) is 0 Å². The van der Waals surface area contributed by atoms with Crippen LogP contribution in [0.15, 0.2) is 40.3 Å². The standard InChI is InChI=1S/C27H35N5O5S2/c1-18-13-19(2)15-32(14-18)39(35,36)25-20(3)38-26-24(25)27(34)31(17-28-26)16-23(33)30-11-9-29(10-12-30)21-7-5-6-8-22(21)37-4/h5-8,17-19H,9-16H2,1-4H3/t18-,19+. The summed E-state index contributed by atoms with van der Waals surface area (Å²) in [4.78, 5) is 36.0. The molecule has 10 nitrogen and oxygen atoms in total. The number of para-hydroxylation sites is 2. The summed E-state index contributed by atoms with van der Waals surface area (Å²) in [6.07, 6.45) is 2.32. The highest BCUT2D eigenvalue weighted by atomic mass is 32.2. The van der Waals surface area contributed by atoms with Gasteiger partial charge < -0.3 is 14.5 Å². The van der Waals surface area contributed by atoms with Gasteiger partial charge in [-0.1, -0.05) is 26.0 Å². The molecule has 39 heavy (non-hydrogen) atoms. The third kappa shape index (κ3) is 5.29. The summed E-state index contributed by atoms with van der Waals surface area (Å²) in [6, 6.07) is 7.79. The van der Waals surface area contributed by atoms with Crippen LogP contribution in [0.3, 0.4) is 0 Å². The molecular formula is C27H35N5O5S2. The summed E-state index contributed by atoms with van der Waals surface area (Å²) in [5.41, 5.74) is 0.485. The summed E-state index contributed by atoms with van der Waals surface area (Å²) >= 11 is 1.20. The second-order valence-corrected chi connectivity index (χ2v) is 13.7. The third-order valence-electron chi connectivity index (χ3n) is 7.60. The highest BCUT2D eigenvalue weighted by Crippen LogP contribution is 2.35. The number of carbonyl (C=O) groups excluding carboxylic acids is 1. The van der Waals surface area contributed by atoms with Crippen molar-refractivity contribution in [2.24, 2.45) is 11.8 Å². The molecule has 4 heterocycles. The van der Waals surface area contributed by atoms with E-state index in [0.29, 0.717) is 49.0 Å². The van der Waals surface area contributed by atoms with Gasteiger partial charge in [0.25, 0.3) is 5.56 Å². The van der Waals surface area contributed by atoms with Crippen LogP contribution in [0.5, 0.6) is 5.75 Å². The zero-order valence-electron chi connectivity index (χ0n) is 22.8. The number of sulfonamides is 1. The Balaban J connectivity index is 1.36. The average Bonchev–Trinajstić information content (AvgIpc) is 3.27. The number of aryl methyl sites for hydroxylation is 1. The minimum atomic E-state index is -3.89. The van der Waals surface area contributed by atoms with Crippen LogP contribution >= 0.6 is 11.3 Å². The normalized spacial score (nSPS) is 20.9. The molecular weight excluding hydrogens is 538 g/mol. The molecule has 0 aliphatic carbocycles. The predicted molar refractivity (Wildman–Crippen MR) is 152 cm³/mol. The smallest absolute Gasteiger partial charge is 0.263 e. The zero-order valence-corrected chi connectivity index (χ0v) is 24.4. The van der Waals surface area contributed by atoms with Gasteiger partial charge in [-0.15, -0.1) is 11.3 Å². The topological polar surface area (TPSA) is 105 Å². The first-order valence-corrected chi connectivity index (χ1v) is 15.5. The van der Waals surface area contributed by atoms with Gasteiger partial charge in [0.05, 0.1) is 24.5 Å². The number of thiophene rings is 1. The van der Waals surface area contributed by atoms with E-state index in [1.54, 1.807) is 18.9 Å². The van der Waals surface area contributed by atoms with Crippen LogP contribution in [0.4, 0.5) is 5.69 Å². The van der Waals surface area contributed by atoms with Crippen molar-refractivity contribution in [2.45, 2.75) is 38.6 Å². The Kier molecular flexibility index (Phi) is 7.71. The number of piperazine rings is 1. The highest BCUT2D eigenvalue weighted by Gasteiger charge is 2.36. The number of piperidine rings is 1. The lowest BCUT2D eigenvalue weighted by Crippen LogP contribution is -2.50. The van der Waals surface area contributed by atoms with Crippen molar-refractivity contribution < 1.29 is 17.9 Å². The molecule has 2 aliphatic rings. The monoisotopic (exact) mass is 573 g/mol. The Bertz CT molecular complexity index is 1530. The molecule has 2 atom stereocenters. The van der Waals surface area contributed by atoms with E-state index >= 15 is 0 Å². The lowest BCUT2D eigenvalue weighted by molar-refractivity contribution is -0.132. The van der Waals surface area contributed by atoms with Gasteiger partial charge in [0, 0.05) is 44.1 Å². The molecule has 0 saturated carbocycles. The van der Waals surface area contributed by atoms with E-state index < -0.39 is 15.6 Å². The molecule has 0 unspecified atom stereocenters. The maximum Gasteiger partial charge on any atom is 0.263 e. The molecule has 0 N–H and O–H groups in total. The van der Waals surface area contributed by atoms with Crippen molar-refractivity contribution in [2.75, 3.05) is 51.3 Å². The molecule has 0 bridgehead atoms. The van der Waals surface area contributed by atoms with E-state index in [9.17, 15) is 18.0 Å². The fourth-order valence-corrected chi connectivity index (χ4v) is 9.15. The van der Waals surface area contributed by atoms with Crippen LogP contribution < -0.4 is 15.2 Å². The SMILES string of the molecule is COc1ccccc1N1CCN(C(=O)Cn2cnc3sc(C)c(S(=O)(=O)N4C[C@H](C)C[C@H](C)C4)c3c2=O)CC1. The summed E-state index contributed by atoms with van der Waals surface area (Å²) < 4.78 is 35.8. The van der Waals surface area contributed by atoms with Crippen LogP contribution in [0.2, 0.25) is 0 Å². The number of benzene rings is 1. The number of anilines is 1. The number of methoxy groups -OCH3 is 1. The number of amides is 1. The Morgan fingerprint density at radius 3 is 2.44 bits per heavy atom. The molecule has 2 fully saturated rings. The van der Waals surface area contributed by atoms with Gasteiger partial charge in [-0.2, -0.15) is 4.31 Å². The molecule has 210 valence electrons. The minimum absolute atomic E-state index is 0.0357. The van der Waals surface area contributed by atoms with Gasteiger partial charge in [0.2, 0.25) is 15.9 Å². The molecule has 0 radical (unpaired) electrons. The number of rotatable bonds is 6. The van der Waals surface area contributed by atoms with Gasteiger partial charge in [-0.3, -0.25) is 14.2 Å². The van der Waals surface area contributed by atoms with Gasteiger partial charge in [0.1, 0.15) is 22.0 Å². The molecule has 5 rings (SSSR count). The number of aromatic nitrogens is 2. The second kappa shape index (κ2) is 10.9. The fraction of sp³-hybridized carbons (Fsp3) is 0.519. The average molecular weight is 574 g/mol. The minimum Gasteiger partial charge on any atom is -0.495 e. The maximum absolute atomic E-state index is 13.8. The van der Waals surface area contributed by atoms with Crippen LogP contribution in [-0.2, 0) is 21.4 Å². The number of nitrogens with zero attached hydrogens (tertiary/aromatic N) is 5. The van der Waals surface area contributed by atoms with E-state index in [1.165, 1.54) is 26.5 Å². The highest BCUT2D eigenvalue weighted by molar-refractivity contribution is 7.89. The first kappa shape index (κ1) is 27.6. The summed E-state index contributed by atoms with van der Waals surface area (Å²) in [5, 5.41) is 0.0830. The van der Waals surface area contributed by atoms with Gasteiger partial charge >= 0.3 is 0 Å². The molecule has 2 aliphatic heterocycles. The molecule has 1 amide bonds. The van der Waals surface area contributed by atoms with Gasteiger partial charge in [-0.25, -0.2) is 13.4 Å². The molecule has 3 aromatic rings. The van der Waals surface area contributed by atoms with Crippen LogP contribution in [0.1, 0.15) is 25.1 Å². The van der Waals surface area contributed by atoms with Crippen molar-refractivity contribution in [1.82, 2.24) is 18.8 Å². The second-order valence-electron chi connectivity index (χ2n) is 10.7. The van der Waals surface area contributed by atoms with Crippen molar-refractivity contribution in [1.29, 1.82) is 0 Å². The number of carbonyl (C=O) groups is 1. The van der Waals surface area contributed by atoms with Crippen molar-refractivity contribution in [3.05, 3.63) is 45.8 Å². The largest absolute Gasteiger partial charge is 0.495 e. The van der Waals surface area contributed by atoms with Crippen molar-refractivity contribution in [3.63, 3.8) is 0 Å². The van der Waals surface area contributed by atoms with E-state index in [0.717, 1.165) is 17.9 Å². The van der Waals surface area contributed by atoms with Crippen LogP contribution in [0, 0.1) is 18.8 Å². The number of hydrogen-bond donors (Lipinski definition) is 0. The maximum atomic E-state index is 13.8. The summed E-state index contributed by atoms with van der Waals surface area (Å²) in [6.45, 7) is 8.76. The predicted octanol–water partition coefficient (Wildman–Crippen LogP) is 2.79. The number of ether oxygens (including phenoxy) is 1.